The van der Waals surface area contributed by atoms with Gasteiger partial charge in [0.2, 0.25) is 0 Å². The van der Waals surface area contributed by atoms with Gasteiger partial charge < -0.3 is 21.7 Å². The van der Waals surface area contributed by atoms with Crippen molar-refractivity contribution in [2.45, 2.75) is 25.7 Å². The summed E-state index contributed by atoms with van der Waals surface area (Å²) in [4.78, 5) is 23.2. The molecule has 0 atom stereocenters. The highest BCUT2D eigenvalue weighted by atomic mass is 16.4. The van der Waals surface area contributed by atoms with E-state index in [2.05, 4.69) is 0 Å². The lowest BCUT2D eigenvalue weighted by Gasteiger charge is -2.22. The average Bonchev–Trinajstić information content (AvgIpc) is 2.51. The van der Waals surface area contributed by atoms with Crippen molar-refractivity contribution >= 4 is 23.3 Å². The second kappa shape index (κ2) is 7.04. The Morgan fingerprint density at radius 3 is 1.67 bits per heavy atom. The highest BCUT2D eigenvalue weighted by Gasteiger charge is 2.25. The summed E-state index contributed by atoms with van der Waals surface area (Å²) in [6.45, 7) is 1.95. The molecular formula is C18H20N2O4. The number of hydrogen-bond donors (Lipinski definition) is 4. The maximum absolute atomic E-state index is 11.6. The first kappa shape index (κ1) is 17.3. The van der Waals surface area contributed by atoms with Crippen molar-refractivity contribution in [1.29, 1.82) is 0 Å². The van der Waals surface area contributed by atoms with E-state index in [0.717, 1.165) is 6.42 Å². The highest BCUT2D eigenvalue weighted by molar-refractivity contribution is 5.92. The number of carbonyl (C=O) groups is 2. The molecule has 2 rings (SSSR count). The van der Waals surface area contributed by atoms with Crippen molar-refractivity contribution in [1.82, 2.24) is 0 Å². The zero-order valence-electron chi connectivity index (χ0n) is 13.3. The Morgan fingerprint density at radius 2 is 1.33 bits per heavy atom. The van der Waals surface area contributed by atoms with E-state index < -0.39 is 17.9 Å². The third-order valence-corrected chi connectivity index (χ3v) is 3.94. The molecule has 0 aliphatic heterocycles. The minimum Gasteiger partial charge on any atom is -0.478 e. The van der Waals surface area contributed by atoms with Gasteiger partial charge in [0.05, 0.1) is 11.1 Å². The first-order valence-corrected chi connectivity index (χ1v) is 7.60. The molecule has 0 heterocycles. The summed E-state index contributed by atoms with van der Waals surface area (Å²) in [6, 6.07) is 9.13. The standard InChI is InChI=1S/C18H20N2O4/c1-2-3-12(15-8-10(19)4-6-13(15)17(21)22)16-9-11(20)5-7-14(16)18(23)24/h4-9,12H,2-3,19-20H2,1H3,(H,21,22)(H,23,24). The molecule has 0 aliphatic rings. The fourth-order valence-electron chi connectivity index (χ4n) is 2.90. The second-order valence-electron chi connectivity index (χ2n) is 5.64. The molecule has 0 aliphatic carbocycles. The Labute approximate surface area is 139 Å². The SMILES string of the molecule is CCCC(c1cc(N)ccc1C(=O)O)c1cc(N)ccc1C(=O)O. The van der Waals surface area contributed by atoms with Crippen LogP contribution in [0.4, 0.5) is 11.4 Å². The van der Waals surface area contributed by atoms with Gasteiger partial charge in [0.1, 0.15) is 0 Å². The lowest BCUT2D eigenvalue weighted by molar-refractivity contribution is 0.0686. The molecule has 6 heteroatoms. The predicted molar refractivity (Wildman–Crippen MR) is 92.4 cm³/mol. The quantitative estimate of drug-likeness (QED) is 0.603. The molecule has 2 aromatic carbocycles. The normalized spacial score (nSPS) is 10.8. The van der Waals surface area contributed by atoms with E-state index in [1.165, 1.54) is 24.3 Å². The van der Waals surface area contributed by atoms with Crippen LogP contribution in [-0.2, 0) is 0 Å². The van der Waals surface area contributed by atoms with Gasteiger partial charge in [-0.2, -0.15) is 0 Å². The highest BCUT2D eigenvalue weighted by Crippen LogP contribution is 2.35. The van der Waals surface area contributed by atoms with Gasteiger partial charge in [-0.3, -0.25) is 0 Å². The topological polar surface area (TPSA) is 127 Å². The number of rotatable bonds is 6. The zero-order valence-corrected chi connectivity index (χ0v) is 13.3. The molecule has 6 N–H and O–H groups in total. The molecule has 0 saturated carbocycles. The van der Waals surface area contributed by atoms with E-state index >= 15 is 0 Å². The van der Waals surface area contributed by atoms with Crippen molar-refractivity contribution in [3.8, 4) is 0 Å². The molecule has 0 fully saturated rings. The van der Waals surface area contributed by atoms with E-state index in [9.17, 15) is 19.8 Å². The lowest BCUT2D eigenvalue weighted by Crippen LogP contribution is -2.13. The summed E-state index contributed by atoms with van der Waals surface area (Å²) in [5.41, 5.74) is 13.7. The van der Waals surface area contributed by atoms with Crippen LogP contribution >= 0.6 is 0 Å². The van der Waals surface area contributed by atoms with Crippen LogP contribution in [0.15, 0.2) is 36.4 Å². The molecule has 0 spiro atoms. The van der Waals surface area contributed by atoms with Crippen molar-refractivity contribution in [2.24, 2.45) is 0 Å². The third-order valence-electron chi connectivity index (χ3n) is 3.94. The van der Waals surface area contributed by atoms with Gasteiger partial charge in [-0.05, 0) is 53.9 Å². The monoisotopic (exact) mass is 328 g/mol. The Hall–Kier alpha value is -3.02. The van der Waals surface area contributed by atoms with Crippen molar-refractivity contribution in [2.75, 3.05) is 11.5 Å². The number of nitrogen functional groups attached to an aromatic ring is 2. The Morgan fingerprint density at radius 1 is 0.917 bits per heavy atom. The maximum atomic E-state index is 11.6. The fourth-order valence-corrected chi connectivity index (χ4v) is 2.90. The molecule has 24 heavy (non-hydrogen) atoms. The smallest absolute Gasteiger partial charge is 0.335 e. The van der Waals surface area contributed by atoms with Gasteiger partial charge in [0.25, 0.3) is 0 Å². The molecule has 0 bridgehead atoms. The number of nitrogens with two attached hydrogens (primary N) is 2. The van der Waals surface area contributed by atoms with Gasteiger partial charge in [-0.25, -0.2) is 9.59 Å². The Bertz CT molecular complexity index is 723. The van der Waals surface area contributed by atoms with Crippen LogP contribution < -0.4 is 11.5 Å². The molecule has 0 saturated heterocycles. The zero-order chi connectivity index (χ0) is 17.9. The van der Waals surface area contributed by atoms with Crippen molar-refractivity contribution in [3.05, 3.63) is 58.7 Å². The van der Waals surface area contributed by atoms with Crippen LogP contribution in [-0.4, -0.2) is 22.2 Å². The first-order chi connectivity index (χ1) is 11.3. The lowest BCUT2D eigenvalue weighted by atomic mass is 9.82. The number of carboxylic acid groups (broad SMARTS) is 2. The van der Waals surface area contributed by atoms with E-state index in [1.54, 1.807) is 12.1 Å². The third kappa shape index (κ3) is 3.48. The minimum absolute atomic E-state index is 0.112. The molecule has 0 radical (unpaired) electrons. The minimum atomic E-state index is -1.08. The van der Waals surface area contributed by atoms with E-state index in [4.69, 9.17) is 11.5 Å². The summed E-state index contributed by atoms with van der Waals surface area (Å²) in [6.07, 6.45) is 1.32. The van der Waals surface area contributed by atoms with Crippen LogP contribution in [0.1, 0.15) is 57.5 Å². The summed E-state index contributed by atoms with van der Waals surface area (Å²) in [7, 11) is 0. The summed E-state index contributed by atoms with van der Waals surface area (Å²) < 4.78 is 0. The molecule has 126 valence electrons. The molecule has 0 amide bonds. The van der Waals surface area contributed by atoms with E-state index in [1.807, 2.05) is 6.92 Å². The number of hydrogen-bond acceptors (Lipinski definition) is 4. The van der Waals surface area contributed by atoms with Crippen LogP contribution in [0.25, 0.3) is 0 Å². The van der Waals surface area contributed by atoms with Crippen molar-refractivity contribution in [3.63, 3.8) is 0 Å². The van der Waals surface area contributed by atoms with Gasteiger partial charge >= 0.3 is 11.9 Å². The first-order valence-electron chi connectivity index (χ1n) is 7.60. The largest absolute Gasteiger partial charge is 0.478 e. The number of aromatic carboxylic acids is 2. The van der Waals surface area contributed by atoms with Gasteiger partial charge in [-0.1, -0.05) is 13.3 Å². The van der Waals surface area contributed by atoms with Crippen LogP contribution in [0.2, 0.25) is 0 Å². The molecule has 2 aromatic rings. The number of anilines is 2. The molecule has 0 unspecified atom stereocenters. The van der Waals surface area contributed by atoms with Crippen molar-refractivity contribution < 1.29 is 19.8 Å². The van der Waals surface area contributed by atoms with E-state index in [0.29, 0.717) is 28.9 Å². The Kier molecular flexibility index (Phi) is 5.08. The molecule has 0 aromatic heterocycles. The van der Waals surface area contributed by atoms with Crippen LogP contribution in [0.5, 0.6) is 0 Å². The van der Waals surface area contributed by atoms with Gasteiger partial charge in [-0.15, -0.1) is 0 Å². The molecular weight excluding hydrogens is 308 g/mol. The molecule has 6 nitrogen and oxygen atoms in total. The van der Waals surface area contributed by atoms with E-state index in [-0.39, 0.29) is 11.1 Å². The second-order valence-corrected chi connectivity index (χ2v) is 5.64. The summed E-state index contributed by atoms with van der Waals surface area (Å²) in [5, 5.41) is 18.9. The summed E-state index contributed by atoms with van der Waals surface area (Å²) in [5.74, 6) is -2.57. The van der Waals surface area contributed by atoms with Gasteiger partial charge in [0, 0.05) is 17.3 Å². The van der Waals surface area contributed by atoms with Crippen LogP contribution in [0, 0.1) is 0 Å². The fraction of sp³-hybridized carbons (Fsp3) is 0.222. The number of carboxylic acids is 2. The van der Waals surface area contributed by atoms with Gasteiger partial charge in [0.15, 0.2) is 0 Å². The Balaban J connectivity index is 2.72. The number of benzene rings is 2. The maximum Gasteiger partial charge on any atom is 0.335 e. The predicted octanol–water partition coefficient (Wildman–Crippen LogP) is 3.18. The van der Waals surface area contributed by atoms with Crippen LogP contribution in [0.3, 0.4) is 0 Å². The summed E-state index contributed by atoms with van der Waals surface area (Å²) >= 11 is 0. The average molecular weight is 328 g/mol.